The summed E-state index contributed by atoms with van der Waals surface area (Å²) >= 11 is 5.89. The molecule has 1 aliphatic rings. The smallest absolute Gasteiger partial charge is 0.244 e. The van der Waals surface area contributed by atoms with Crippen LogP contribution < -0.4 is 4.72 Å². The Balaban J connectivity index is 2.31. The second kappa shape index (κ2) is 4.77. The molecular weight excluding hydrogens is 276 g/mol. The molecule has 0 radical (unpaired) electrons. The maximum absolute atomic E-state index is 12.3. The molecule has 1 N–H and O–H groups in total. The highest BCUT2D eigenvalue weighted by Crippen LogP contribution is 2.28. The van der Waals surface area contributed by atoms with Gasteiger partial charge in [0, 0.05) is 19.0 Å². The molecule has 2 heterocycles. The van der Waals surface area contributed by atoms with Crippen LogP contribution in [-0.2, 0) is 14.8 Å². The Bertz CT molecular complexity index is 549. The van der Waals surface area contributed by atoms with Gasteiger partial charge in [0.25, 0.3) is 0 Å². The highest BCUT2D eigenvalue weighted by molar-refractivity contribution is 7.89. The lowest BCUT2D eigenvalue weighted by molar-refractivity contribution is 0.0957. The van der Waals surface area contributed by atoms with Crippen molar-refractivity contribution in [3.05, 3.63) is 23.5 Å². The fourth-order valence-corrected chi connectivity index (χ4v) is 3.82. The molecular formula is C11H15ClN2O3S. The summed E-state index contributed by atoms with van der Waals surface area (Å²) in [5, 5.41) is 0.160. The highest BCUT2D eigenvalue weighted by atomic mass is 35.5. The molecule has 7 heteroatoms. The van der Waals surface area contributed by atoms with Crippen molar-refractivity contribution in [2.45, 2.75) is 36.8 Å². The summed E-state index contributed by atoms with van der Waals surface area (Å²) in [6.07, 6.45) is 3.15. The summed E-state index contributed by atoms with van der Waals surface area (Å²) in [6, 6.07) is 1.45. The lowest BCUT2D eigenvalue weighted by atomic mass is 9.97. The van der Waals surface area contributed by atoms with Crippen LogP contribution in [0.2, 0.25) is 5.02 Å². The van der Waals surface area contributed by atoms with E-state index in [1.807, 2.05) is 13.8 Å². The van der Waals surface area contributed by atoms with Gasteiger partial charge >= 0.3 is 0 Å². The van der Waals surface area contributed by atoms with Crippen molar-refractivity contribution < 1.29 is 13.2 Å². The van der Waals surface area contributed by atoms with Gasteiger partial charge in [-0.25, -0.2) is 13.1 Å². The minimum Gasteiger partial charge on any atom is -0.376 e. The second-order valence-corrected chi connectivity index (χ2v) is 6.65. The maximum atomic E-state index is 12.3. The number of halogens is 1. The number of aromatic nitrogens is 1. The van der Waals surface area contributed by atoms with Crippen LogP contribution in [0.3, 0.4) is 0 Å². The van der Waals surface area contributed by atoms with Gasteiger partial charge in [-0.05, 0) is 26.3 Å². The van der Waals surface area contributed by atoms with Crippen LogP contribution in [0.4, 0.5) is 0 Å². The zero-order valence-corrected chi connectivity index (χ0v) is 11.8. The molecule has 0 saturated carbocycles. The van der Waals surface area contributed by atoms with Gasteiger partial charge in [0.1, 0.15) is 4.90 Å². The molecule has 5 nitrogen and oxygen atoms in total. The monoisotopic (exact) mass is 290 g/mol. The molecule has 1 fully saturated rings. The van der Waals surface area contributed by atoms with Gasteiger partial charge in [0.15, 0.2) is 0 Å². The van der Waals surface area contributed by atoms with E-state index in [0.29, 0.717) is 13.0 Å². The summed E-state index contributed by atoms with van der Waals surface area (Å²) in [5.41, 5.74) is -0.613. The van der Waals surface area contributed by atoms with E-state index < -0.39 is 15.6 Å². The first-order valence-electron chi connectivity index (χ1n) is 5.60. The number of hydrogen-bond donors (Lipinski definition) is 1. The van der Waals surface area contributed by atoms with E-state index >= 15 is 0 Å². The van der Waals surface area contributed by atoms with Crippen LogP contribution >= 0.6 is 11.6 Å². The summed E-state index contributed by atoms with van der Waals surface area (Å²) in [7, 11) is -3.69. The molecule has 100 valence electrons. The Morgan fingerprint density at radius 1 is 1.61 bits per heavy atom. The van der Waals surface area contributed by atoms with Crippen molar-refractivity contribution in [1.29, 1.82) is 0 Å². The van der Waals surface area contributed by atoms with E-state index in [2.05, 4.69) is 9.71 Å². The lowest BCUT2D eigenvalue weighted by Crippen LogP contribution is -2.50. The third-order valence-corrected chi connectivity index (χ3v) is 5.36. The summed E-state index contributed by atoms with van der Waals surface area (Å²) < 4.78 is 32.6. The fourth-order valence-electron chi connectivity index (χ4n) is 1.89. The van der Waals surface area contributed by atoms with Crippen molar-refractivity contribution in [2.75, 3.05) is 6.61 Å². The average Bonchev–Trinajstić information content (AvgIpc) is 2.58. The quantitative estimate of drug-likeness (QED) is 0.918. The van der Waals surface area contributed by atoms with Gasteiger partial charge in [0.2, 0.25) is 10.0 Å². The molecule has 1 aromatic heterocycles. The van der Waals surface area contributed by atoms with Crippen LogP contribution in [0.1, 0.15) is 20.3 Å². The molecule has 0 amide bonds. The molecule has 0 spiro atoms. The Hall–Kier alpha value is -0.690. The fraction of sp³-hybridized carbons (Fsp3) is 0.545. The largest absolute Gasteiger partial charge is 0.376 e. The van der Waals surface area contributed by atoms with Crippen molar-refractivity contribution in [3.63, 3.8) is 0 Å². The van der Waals surface area contributed by atoms with E-state index in [1.165, 1.54) is 18.5 Å². The van der Waals surface area contributed by atoms with Crippen LogP contribution in [0.5, 0.6) is 0 Å². The van der Waals surface area contributed by atoms with E-state index in [9.17, 15) is 8.42 Å². The number of sulfonamides is 1. The number of hydrogen-bond acceptors (Lipinski definition) is 4. The van der Waals surface area contributed by atoms with Crippen molar-refractivity contribution >= 4 is 21.6 Å². The Morgan fingerprint density at radius 2 is 2.33 bits per heavy atom. The van der Waals surface area contributed by atoms with Gasteiger partial charge in [-0.15, -0.1) is 0 Å². The van der Waals surface area contributed by atoms with Crippen LogP contribution in [-0.4, -0.2) is 31.7 Å². The van der Waals surface area contributed by atoms with E-state index in [0.717, 1.165) is 0 Å². The third-order valence-electron chi connectivity index (χ3n) is 3.28. The number of nitrogens with zero attached hydrogens (tertiary/aromatic N) is 1. The minimum absolute atomic E-state index is 0.00742. The van der Waals surface area contributed by atoms with Crippen LogP contribution in [0, 0.1) is 0 Å². The Morgan fingerprint density at radius 3 is 2.89 bits per heavy atom. The Labute approximate surface area is 112 Å². The first kappa shape index (κ1) is 13.7. The normalized spacial score (nSPS) is 28.5. The van der Waals surface area contributed by atoms with Crippen molar-refractivity contribution in [3.8, 4) is 0 Å². The summed E-state index contributed by atoms with van der Waals surface area (Å²) in [4.78, 5) is 3.79. The first-order valence-corrected chi connectivity index (χ1v) is 7.46. The molecule has 18 heavy (non-hydrogen) atoms. The van der Waals surface area contributed by atoms with Gasteiger partial charge < -0.3 is 4.74 Å². The highest BCUT2D eigenvalue weighted by Gasteiger charge is 2.41. The lowest BCUT2D eigenvalue weighted by Gasteiger charge is -2.28. The predicted octanol–water partition coefficient (Wildman–Crippen LogP) is 1.58. The molecule has 2 unspecified atom stereocenters. The van der Waals surface area contributed by atoms with E-state index in [-0.39, 0.29) is 16.0 Å². The number of pyridine rings is 1. The summed E-state index contributed by atoms with van der Waals surface area (Å²) in [6.45, 7) is 4.22. The first-order chi connectivity index (χ1) is 8.35. The second-order valence-electron chi connectivity index (χ2n) is 4.59. The minimum atomic E-state index is -3.69. The summed E-state index contributed by atoms with van der Waals surface area (Å²) in [5.74, 6) is 0. The Kier molecular flexibility index (Phi) is 3.64. The molecule has 2 atom stereocenters. The molecule has 1 aliphatic heterocycles. The van der Waals surface area contributed by atoms with Crippen LogP contribution in [0.15, 0.2) is 23.4 Å². The van der Waals surface area contributed by atoms with E-state index in [1.54, 1.807) is 0 Å². The molecule has 0 aliphatic carbocycles. The van der Waals surface area contributed by atoms with Gasteiger partial charge in [0.05, 0.1) is 16.7 Å². The average molecular weight is 291 g/mol. The van der Waals surface area contributed by atoms with Crippen LogP contribution in [0.25, 0.3) is 0 Å². The molecule has 1 saturated heterocycles. The SMILES string of the molecule is CC1OCCC1(C)NS(=O)(=O)c1cnccc1Cl. The zero-order valence-electron chi connectivity index (χ0n) is 10.2. The van der Waals surface area contributed by atoms with E-state index in [4.69, 9.17) is 16.3 Å². The predicted molar refractivity (Wildman–Crippen MR) is 68.0 cm³/mol. The number of rotatable bonds is 3. The van der Waals surface area contributed by atoms with Gasteiger partial charge in [-0.1, -0.05) is 11.6 Å². The zero-order chi connectivity index (χ0) is 13.4. The number of nitrogens with one attached hydrogen (secondary N) is 1. The third kappa shape index (κ3) is 2.51. The van der Waals surface area contributed by atoms with Crippen molar-refractivity contribution in [2.24, 2.45) is 0 Å². The standard InChI is InChI=1S/C11H15ClN2O3S/c1-8-11(2,4-6-17-8)14-18(15,16)10-7-13-5-3-9(10)12/h3,5,7-8,14H,4,6H2,1-2H3. The molecule has 1 aromatic rings. The molecule has 0 aromatic carbocycles. The molecule has 0 bridgehead atoms. The van der Waals surface area contributed by atoms with Crippen molar-refractivity contribution in [1.82, 2.24) is 9.71 Å². The maximum Gasteiger partial charge on any atom is 0.244 e. The van der Waals surface area contributed by atoms with Gasteiger partial charge in [-0.3, -0.25) is 4.98 Å². The number of ether oxygens (including phenoxy) is 1. The molecule has 2 rings (SSSR count). The topological polar surface area (TPSA) is 68.3 Å². The van der Waals surface area contributed by atoms with Gasteiger partial charge in [-0.2, -0.15) is 0 Å².